The average Bonchev–Trinajstić information content (AvgIpc) is 3.16. The van der Waals surface area contributed by atoms with Gasteiger partial charge in [0.1, 0.15) is 5.76 Å². The monoisotopic (exact) mass is 465 g/mol. The number of benzene rings is 2. The van der Waals surface area contributed by atoms with Crippen LogP contribution < -0.4 is 10.6 Å². The minimum absolute atomic E-state index is 0.437. The molecule has 5 nitrogen and oxygen atoms in total. The lowest BCUT2D eigenvalue weighted by atomic mass is 10.0. The Morgan fingerprint density at radius 3 is 2.41 bits per heavy atom. The first-order valence-electron chi connectivity index (χ1n) is 10.8. The zero-order chi connectivity index (χ0) is 22.3. The van der Waals surface area contributed by atoms with E-state index >= 15 is 0 Å². The van der Waals surface area contributed by atoms with Crippen LogP contribution in [0.4, 0.5) is 5.88 Å². The predicted molar refractivity (Wildman–Crippen MR) is 136 cm³/mol. The molecule has 0 atom stereocenters. The molecular formula is C25H27N3O2S2. The number of anilines is 1. The minimum Gasteiger partial charge on any atom is -0.483 e. The smallest absolute Gasteiger partial charge is 0.211 e. The van der Waals surface area contributed by atoms with Gasteiger partial charge in [0.05, 0.1) is 12.2 Å². The van der Waals surface area contributed by atoms with Gasteiger partial charge in [-0.1, -0.05) is 60.7 Å². The van der Waals surface area contributed by atoms with Gasteiger partial charge in [0.2, 0.25) is 5.88 Å². The van der Waals surface area contributed by atoms with Crippen LogP contribution in [0.5, 0.6) is 0 Å². The Morgan fingerprint density at radius 1 is 1.03 bits per heavy atom. The molecule has 3 aromatic rings. The largest absolute Gasteiger partial charge is 0.483 e. The fraction of sp³-hybridized carbons (Fsp3) is 0.280. The second kappa shape index (κ2) is 10.7. The number of ether oxygens (including phenoxy) is 1. The first kappa shape index (κ1) is 22.5. The van der Waals surface area contributed by atoms with Gasteiger partial charge in [-0.05, 0) is 42.5 Å². The van der Waals surface area contributed by atoms with Crippen LogP contribution in [0.25, 0.3) is 0 Å². The second-order valence-electron chi connectivity index (χ2n) is 7.67. The third kappa shape index (κ3) is 5.54. The molecule has 7 heteroatoms. The number of furan rings is 1. The standard InChI is InChI=1S/C25H27N3O2S2/c1-2-29-24(31)22-20-17-28(16-19-11-7-4-8-12-19)14-13-21(20)30-23(22)27-25(32)26-15-18-9-5-3-6-10-18/h3-12H,2,13-17H2,1H3,(H2,26,27,32). The number of hydrogen-bond acceptors (Lipinski definition) is 5. The van der Waals surface area contributed by atoms with Crippen LogP contribution in [0.1, 0.15) is 34.9 Å². The van der Waals surface area contributed by atoms with Gasteiger partial charge in [0.25, 0.3) is 0 Å². The lowest BCUT2D eigenvalue weighted by Gasteiger charge is -2.26. The summed E-state index contributed by atoms with van der Waals surface area (Å²) >= 11 is 11.1. The molecule has 0 radical (unpaired) electrons. The highest BCUT2D eigenvalue weighted by Crippen LogP contribution is 2.33. The Balaban J connectivity index is 1.50. The first-order valence-corrected chi connectivity index (χ1v) is 11.6. The molecule has 0 saturated carbocycles. The summed E-state index contributed by atoms with van der Waals surface area (Å²) < 4.78 is 11.9. The summed E-state index contributed by atoms with van der Waals surface area (Å²) in [5.41, 5.74) is 4.33. The van der Waals surface area contributed by atoms with Crippen molar-refractivity contribution in [3.05, 3.63) is 88.7 Å². The molecule has 0 aliphatic carbocycles. The van der Waals surface area contributed by atoms with Crippen LogP contribution in [-0.4, -0.2) is 28.2 Å². The maximum atomic E-state index is 6.19. The fourth-order valence-electron chi connectivity index (χ4n) is 3.85. The quantitative estimate of drug-likeness (QED) is 0.474. The van der Waals surface area contributed by atoms with E-state index in [0.717, 1.165) is 48.5 Å². The van der Waals surface area contributed by atoms with Crippen LogP contribution in [-0.2, 0) is 30.8 Å². The number of hydrogen-bond donors (Lipinski definition) is 2. The third-order valence-corrected chi connectivity index (χ3v) is 5.95. The lowest BCUT2D eigenvalue weighted by Crippen LogP contribution is -2.30. The molecule has 32 heavy (non-hydrogen) atoms. The molecular weight excluding hydrogens is 438 g/mol. The van der Waals surface area contributed by atoms with E-state index in [1.807, 2.05) is 31.2 Å². The van der Waals surface area contributed by atoms with Gasteiger partial charge in [0.15, 0.2) is 10.2 Å². The van der Waals surface area contributed by atoms with Gasteiger partial charge in [-0.3, -0.25) is 4.90 Å². The topological polar surface area (TPSA) is 49.7 Å². The highest BCUT2D eigenvalue weighted by atomic mass is 32.1. The van der Waals surface area contributed by atoms with Crippen LogP contribution in [0.2, 0.25) is 0 Å². The maximum Gasteiger partial charge on any atom is 0.211 e. The molecule has 1 aromatic heterocycles. The molecule has 1 aliphatic heterocycles. The molecule has 2 aromatic carbocycles. The molecule has 0 bridgehead atoms. The summed E-state index contributed by atoms with van der Waals surface area (Å²) in [6, 6.07) is 20.6. The van der Waals surface area contributed by atoms with E-state index < -0.39 is 0 Å². The molecule has 2 heterocycles. The Kier molecular flexibility index (Phi) is 7.52. The zero-order valence-corrected chi connectivity index (χ0v) is 19.7. The second-order valence-corrected chi connectivity index (χ2v) is 8.45. The van der Waals surface area contributed by atoms with Crippen molar-refractivity contribution in [2.75, 3.05) is 18.5 Å². The van der Waals surface area contributed by atoms with Crippen LogP contribution in [0.3, 0.4) is 0 Å². The van der Waals surface area contributed by atoms with Crippen LogP contribution >= 0.6 is 24.4 Å². The van der Waals surface area contributed by atoms with E-state index in [1.54, 1.807) is 0 Å². The molecule has 0 saturated heterocycles. The lowest BCUT2D eigenvalue weighted by molar-refractivity contribution is 0.234. The van der Waals surface area contributed by atoms with Crippen molar-refractivity contribution in [1.29, 1.82) is 0 Å². The van der Waals surface area contributed by atoms with Crippen molar-refractivity contribution in [2.45, 2.75) is 33.0 Å². The Labute approximate surface area is 199 Å². The minimum atomic E-state index is 0.437. The average molecular weight is 466 g/mol. The van der Waals surface area contributed by atoms with E-state index in [1.165, 1.54) is 5.56 Å². The maximum absolute atomic E-state index is 6.19. The van der Waals surface area contributed by atoms with E-state index in [9.17, 15) is 0 Å². The Hall–Kier alpha value is -2.74. The van der Waals surface area contributed by atoms with E-state index in [2.05, 4.69) is 51.9 Å². The predicted octanol–water partition coefficient (Wildman–Crippen LogP) is 5.04. The molecule has 0 unspecified atom stereocenters. The molecule has 0 fully saturated rings. The highest BCUT2D eigenvalue weighted by molar-refractivity contribution is 7.80. The molecule has 4 rings (SSSR count). The summed E-state index contributed by atoms with van der Waals surface area (Å²) in [5, 5.41) is 7.37. The number of fused-ring (bicyclic) bond motifs is 1. The zero-order valence-electron chi connectivity index (χ0n) is 18.1. The third-order valence-electron chi connectivity index (χ3n) is 5.38. The van der Waals surface area contributed by atoms with Gasteiger partial charge in [0, 0.05) is 38.2 Å². The number of nitrogens with zero attached hydrogens (tertiary/aromatic N) is 1. The van der Waals surface area contributed by atoms with Gasteiger partial charge in [-0.15, -0.1) is 0 Å². The molecule has 1 aliphatic rings. The van der Waals surface area contributed by atoms with Crippen LogP contribution in [0.15, 0.2) is 65.1 Å². The number of rotatable bonds is 7. The van der Waals surface area contributed by atoms with Crippen molar-refractivity contribution < 1.29 is 9.15 Å². The Bertz CT molecular complexity index is 1070. The fourth-order valence-corrected chi connectivity index (χ4v) is 4.35. The van der Waals surface area contributed by atoms with Gasteiger partial charge in [-0.25, -0.2) is 0 Å². The summed E-state index contributed by atoms with van der Waals surface area (Å²) in [6.45, 7) is 5.62. The normalized spacial score (nSPS) is 13.3. The SMILES string of the molecule is CCOC(=S)c1c(NC(=S)NCc2ccccc2)oc2c1CN(Cc1ccccc1)CC2. The van der Waals surface area contributed by atoms with E-state index in [0.29, 0.717) is 29.2 Å². The van der Waals surface area contributed by atoms with Crippen molar-refractivity contribution in [1.82, 2.24) is 10.2 Å². The summed E-state index contributed by atoms with van der Waals surface area (Å²) in [4.78, 5) is 2.40. The molecule has 166 valence electrons. The van der Waals surface area contributed by atoms with Gasteiger partial charge < -0.3 is 19.8 Å². The number of thiocarbonyl (C=S) groups is 2. The molecule has 0 spiro atoms. The summed E-state index contributed by atoms with van der Waals surface area (Å²) in [6.07, 6.45) is 0.815. The van der Waals surface area contributed by atoms with E-state index in [-0.39, 0.29) is 0 Å². The summed E-state index contributed by atoms with van der Waals surface area (Å²) in [7, 11) is 0. The van der Waals surface area contributed by atoms with Crippen molar-refractivity contribution >= 4 is 40.5 Å². The Morgan fingerprint density at radius 2 is 1.72 bits per heavy atom. The highest BCUT2D eigenvalue weighted by Gasteiger charge is 2.29. The molecule has 0 amide bonds. The van der Waals surface area contributed by atoms with Gasteiger partial charge >= 0.3 is 0 Å². The first-order chi connectivity index (χ1) is 15.6. The van der Waals surface area contributed by atoms with Crippen molar-refractivity contribution in [3.63, 3.8) is 0 Å². The van der Waals surface area contributed by atoms with Gasteiger partial charge in [-0.2, -0.15) is 0 Å². The van der Waals surface area contributed by atoms with E-state index in [4.69, 9.17) is 33.6 Å². The van der Waals surface area contributed by atoms with Crippen molar-refractivity contribution in [3.8, 4) is 0 Å². The van der Waals surface area contributed by atoms with Crippen molar-refractivity contribution in [2.24, 2.45) is 0 Å². The number of nitrogens with one attached hydrogen (secondary N) is 2. The molecule has 2 N–H and O–H groups in total. The van der Waals surface area contributed by atoms with Crippen LogP contribution in [0, 0.1) is 0 Å². The summed E-state index contributed by atoms with van der Waals surface area (Å²) in [5.74, 6) is 1.50.